The molecule has 0 radical (unpaired) electrons. The third-order valence-corrected chi connectivity index (χ3v) is 28.8. The van der Waals surface area contributed by atoms with Crippen molar-refractivity contribution in [2.45, 2.75) is 237 Å². The van der Waals surface area contributed by atoms with Gasteiger partial charge in [-0.15, -0.1) is 0 Å². The van der Waals surface area contributed by atoms with Crippen LogP contribution in [0.5, 0.6) is 0 Å². The third-order valence-electron chi connectivity index (χ3n) is 28.8. The smallest absolute Gasteiger partial charge is 0.144 e. The molecule has 0 amide bonds. The zero-order valence-electron chi connectivity index (χ0n) is 67.6. The number of para-hydroxylation sites is 2. The van der Waals surface area contributed by atoms with Crippen molar-refractivity contribution in [2.75, 3.05) is 4.90 Å². The molecule has 1 spiro atoms. The Balaban J connectivity index is 0.844. The average Bonchev–Trinajstić information content (AvgIpc) is 1.48. The Morgan fingerprint density at radius 3 is 1.20 bits per heavy atom. The number of nitrogens with zero attached hydrogens (tertiary/aromatic N) is 1. The van der Waals surface area contributed by atoms with E-state index in [2.05, 4.69) is 285 Å². The summed E-state index contributed by atoms with van der Waals surface area (Å²) in [6.45, 7) is 19.4. The minimum Gasteiger partial charge on any atom is -0.456 e. The topological polar surface area (TPSA) is 29.5 Å². The largest absolute Gasteiger partial charge is 0.456 e. The first-order valence-corrected chi connectivity index (χ1v) is 43.7. The number of benzene rings is 12. The molecule has 0 unspecified atom stereocenters. The van der Waals surface area contributed by atoms with Crippen LogP contribution in [0.25, 0.3) is 111 Å². The molecule has 0 fully saturated rings. The number of anilines is 3. The van der Waals surface area contributed by atoms with Crippen LogP contribution in [0.2, 0.25) is 0 Å². The first kappa shape index (κ1) is 71.1. The molecule has 3 heteroatoms. The molecule has 562 valence electrons. The van der Waals surface area contributed by atoms with Crippen LogP contribution in [0.15, 0.2) is 233 Å². The number of hydrogen-bond donors (Lipinski definition) is 0. The van der Waals surface area contributed by atoms with Crippen LogP contribution in [0, 0.1) is 0 Å². The van der Waals surface area contributed by atoms with Gasteiger partial charge in [0.15, 0.2) is 0 Å². The van der Waals surface area contributed by atoms with E-state index in [1.807, 2.05) is 0 Å². The third kappa shape index (κ3) is 10.3. The minimum absolute atomic E-state index is 0.170. The molecule has 3 nitrogen and oxygen atoms in total. The van der Waals surface area contributed by atoms with Crippen molar-refractivity contribution in [3.8, 4) is 66.8 Å². The molecule has 0 N–H and O–H groups in total. The van der Waals surface area contributed by atoms with Gasteiger partial charge in [-0.1, -0.05) is 342 Å². The van der Waals surface area contributed by atoms with Gasteiger partial charge < -0.3 is 13.7 Å². The molecular formula is C109H109NO2. The van der Waals surface area contributed by atoms with Gasteiger partial charge in [-0.2, -0.15) is 0 Å². The van der Waals surface area contributed by atoms with Crippen LogP contribution < -0.4 is 4.90 Å². The van der Waals surface area contributed by atoms with Crippen molar-refractivity contribution in [2.24, 2.45) is 0 Å². The summed E-state index contributed by atoms with van der Waals surface area (Å²) in [5.41, 5.74) is 39.7. The van der Waals surface area contributed by atoms with E-state index >= 15 is 0 Å². The summed E-state index contributed by atoms with van der Waals surface area (Å²) in [5, 5.41) is 5.00. The average molecular weight is 1470 g/mol. The monoisotopic (exact) mass is 1460 g/mol. The van der Waals surface area contributed by atoms with Gasteiger partial charge in [0.05, 0.1) is 5.41 Å². The summed E-state index contributed by atoms with van der Waals surface area (Å²) in [4.78, 5) is 2.73. The van der Waals surface area contributed by atoms with Crippen molar-refractivity contribution in [3.63, 3.8) is 0 Å². The van der Waals surface area contributed by atoms with Gasteiger partial charge in [0, 0.05) is 65.8 Å². The van der Waals surface area contributed by atoms with Crippen LogP contribution in [0.1, 0.15) is 276 Å². The van der Waals surface area contributed by atoms with Crippen LogP contribution in [0.3, 0.4) is 0 Å². The van der Waals surface area contributed by atoms with Crippen molar-refractivity contribution >= 4 is 60.9 Å². The molecule has 0 atom stereocenters. The van der Waals surface area contributed by atoms with E-state index in [1.54, 1.807) is 16.7 Å². The SMILES string of the molecule is CCCCCCCC1(CCCCCCC)c2cc(N(c3ccc4c(c3)C(C)(C)c3cc5c(cc3-4)C(C)(C)c3ccc4oc6ccccc6c4c3-5)c3ccc4c(c3)C3(c5ccccc5-c5ccccc53)c3ccccc3-4)ccc2-c2c1c1c(c3c2oc2ccccc23)-c2ccccc2C1(CCCCCCC)CCCCCCC. The van der Waals surface area contributed by atoms with Crippen molar-refractivity contribution < 1.29 is 8.83 Å². The molecular weight excluding hydrogens is 1360 g/mol. The Kier molecular flexibility index (Phi) is 17.6. The maximum atomic E-state index is 7.76. The number of rotatable bonds is 27. The van der Waals surface area contributed by atoms with E-state index < -0.39 is 5.41 Å². The van der Waals surface area contributed by atoms with Crippen molar-refractivity contribution in [1.29, 1.82) is 0 Å². The lowest BCUT2D eigenvalue weighted by Crippen LogP contribution is -2.33. The van der Waals surface area contributed by atoms with Gasteiger partial charge in [-0.05, 0) is 220 Å². The first-order chi connectivity index (χ1) is 54.9. The number of fused-ring (bicyclic) bond motifs is 32. The molecule has 0 bridgehead atoms. The lowest BCUT2D eigenvalue weighted by molar-refractivity contribution is 0.369. The van der Waals surface area contributed by atoms with Crippen LogP contribution in [0.4, 0.5) is 17.1 Å². The summed E-state index contributed by atoms with van der Waals surface area (Å²) < 4.78 is 14.4. The summed E-state index contributed by atoms with van der Waals surface area (Å²) in [6, 6.07) is 88.8. The van der Waals surface area contributed by atoms with E-state index in [4.69, 9.17) is 8.83 Å². The molecule has 6 aliphatic carbocycles. The fourth-order valence-corrected chi connectivity index (χ4v) is 23.6. The van der Waals surface area contributed by atoms with Crippen LogP contribution >= 0.6 is 0 Å². The molecule has 0 saturated heterocycles. The molecule has 0 saturated carbocycles. The van der Waals surface area contributed by atoms with Crippen molar-refractivity contribution in [1.82, 2.24) is 0 Å². The molecule has 0 aliphatic heterocycles. The Bertz CT molecular complexity index is 5980. The van der Waals surface area contributed by atoms with E-state index in [-0.39, 0.29) is 21.7 Å². The highest BCUT2D eigenvalue weighted by molar-refractivity contribution is 6.21. The van der Waals surface area contributed by atoms with Crippen molar-refractivity contribution in [3.05, 3.63) is 291 Å². The van der Waals surface area contributed by atoms with Gasteiger partial charge in [0.25, 0.3) is 0 Å². The Hall–Kier alpha value is -9.96. The second kappa shape index (κ2) is 27.7. The zero-order valence-corrected chi connectivity index (χ0v) is 67.6. The molecule has 14 aromatic rings. The summed E-state index contributed by atoms with van der Waals surface area (Å²) >= 11 is 0. The highest BCUT2D eigenvalue weighted by Gasteiger charge is 2.56. The molecule has 112 heavy (non-hydrogen) atoms. The predicted octanol–water partition coefficient (Wildman–Crippen LogP) is 31.9. The van der Waals surface area contributed by atoms with Gasteiger partial charge in [0.1, 0.15) is 22.3 Å². The van der Waals surface area contributed by atoms with E-state index in [9.17, 15) is 0 Å². The fraction of sp³-hybridized carbons (Fsp3) is 0.339. The Morgan fingerprint density at radius 1 is 0.259 bits per heavy atom. The Labute approximate surface area is 664 Å². The summed E-state index contributed by atoms with van der Waals surface area (Å²) in [7, 11) is 0. The second-order valence-electron chi connectivity index (χ2n) is 35.7. The lowest BCUT2D eigenvalue weighted by Gasteiger charge is -2.40. The maximum absolute atomic E-state index is 7.76. The summed E-state index contributed by atoms with van der Waals surface area (Å²) in [6.07, 6.45) is 29.5. The molecule has 2 aromatic heterocycles. The Morgan fingerprint density at radius 2 is 0.643 bits per heavy atom. The van der Waals surface area contributed by atoms with Gasteiger partial charge in [0.2, 0.25) is 0 Å². The first-order valence-electron chi connectivity index (χ1n) is 43.7. The highest BCUT2D eigenvalue weighted by atomic mass is 16.3. The quantitative estimate of drug-likeness (QED) is 0.0481. The van der Waals surface area contributed by atoms with Gasteiger partial charge >= 0.3 is 0 Å². The second-order valence-corrected chi connectivity index (χ2v) is 35.7. The maximum Gasteiger partial charge on any atom is 0.144 e. The summed E-state index contributed by atoms with van der Waals surface area (Å²) in [5.74, 6) is 0. The van der Waals surface area contributed by atoms with Gasteiger partial charge in [-0.3, -0.25) is 0 Å². The predicted molar refractivity (Wildman–Crippen MR) is 473 cm³/mol. The fourth-order valence-electron chi connectivity index (χ4n) is 23.6. The van der Waals surface area contributed by atoms with E-state index in [1.165, 1.54) is 284 Å². The molecule has 12 aromatic carbocycles. The van der Waals surface area contributed by atoms with E-state index in [0.717, 1.165) is 48.0 Å². The molecule has 6 aliphatic rings. The number of unbranched alkanes of at least 4 members (excludes halogenated alkanes) is 16. The molecule has 20 rings (SSSR count). The highest BCUT2D eigenvalue weighted by Crippen LogP contribution is 2.70. The van der Waals surface area contributed by atoms with Gasteiger partial charge in [-0.25, -0.2) is 0 Å². The standard InChI is InChI=1S/C109H109NO2/c1-9-13-17-21-37-61-107(62-38-22-18-14-10-2)84-47-31-28-44-78(84)99-100-81-46-30-36-52-95(81)112-104(100)101-79-58-55-71(66-92(79)108(103(101)102(99)107,63-39-23-19-15-11-3)64-40-24-20-16-12-4)110(72-53-56-76-75-43-27-34-50-87(75)109(93(76)67-72)85-48-32-25-41-73(85)74-42-26-33-49-86(74)109)70-54-57-77-82-68-91-83(69-90(82)106(7,8)89(77)65-70)97-88(105(91,5)6)59-60-96-98(97)80-45-29-35-51-94(80)111-96/h25-36,41-60,65-69H,9-24,37-40,61-64H2,1-8H3. The molecule has 2 heterocycles. The number of furan rings is 2. The van der Waals surface area contributed by atoms with Crippen LogP contribution in [-0.4, -0.2) is 0 Å². The number of hydrogen-bond acceptors (Lipinski definition) is 3. The van der Waals surface area contributed by atoms with E-state index in [0.29, 0.717) is 0 Å². The van der Waals surface area contributed by atoms with Crippen LogP contribution in [-0.2, 0) is 27.1 Å². The lowest BCUT2D eigenvalue weighted by atomic mass is 9.62. The minimum atomic E-state index is -0.526. The zero-order chi connectivity index (χ0) is 75.8. The normalized spacial score (nSPS) is 15.6.